The molecule has 0 unspecified atom stereocenters. The first-order valence-electron chi connectivity index (χ1n) is 7.09. The van der Waals surface area contributed by atoms with Crippen molar-refractivity contribution in [1.82, 2.24) is 0 Å². The number of carbonyl (C=O) groups excluding carboxylic acids is 1. The van der Waals surface area contributed by atoms with Crippen LogP contribution in [-0.4, -0.2) is 5.91 Å². The zero-order valence-corrected chi connectivity index (χ0v) is 13.7. The number of anilines is 1. The van der Waals surface area contributed by atoms with Crippen LogP contribution >= 0.6 is 23.2 Å². The van der Waals surface area contributed by atoms with Gasteiger partial charge in [-0.2, -0.15) is 0 Å². The smallest absolute Gasteiger partial charge is 0.224 e. The fraction of sp³-hybridized carbons (Fsp3) is 0.562. The second-order valence-corrected chi connectivity index (χ2v) is 7.05. The molecule has 1 aromatic carbocycles. The lowest BCUT2D eigenvalue weighted by Gasteiger charge is -2.52. The van der Waals surface area contributed by atoms with Gasteiger partial charge in [0.15, 0.2) is 0 Å². The van der Waals surface area contributed by atoms with Gasteiger partial charge in [-0.15, -0.1) is 0 Å². The first kappa shape index (κ1) is 15.7. The van der Waals surface area contributed by atoms with E-state index in [-0.39, 0.29) is 11.3 Å². The summed E-state index contributed by atoms with van der Waals surface area (Å²) < 4.78 is 0. The monoisotopic (exact) mass is 313 g/mol. The van der Waals surface area contributed by atoms with Crippen molar-refractivity contribution in [3.05, 3.63) is 28.2 Å². The molecule has 0 spiro atoms. The number of halogens is 2. The summed E-state index contributed by atoms with van der Waals surface area (Å²) in [5.74, 6) is 1.26. The minimum absolute atomic E-state index is 0.0519. The molecular weight excluding hydrogens is 293 g/mol. The molecule has 0 aromatic heterocycles. The largest absolute Gasteiger partial charge is 0.326 e. The Kier molecular flexibility index (Phi) is 4.66. The Hall–Kier alpha value is -0.730. The first-order chi connectivity index (χ1) is 9.34. The molecule has 0 saturated heterocycles. The lowest BCUT2D eigenvalue weighted by atomic mass is 9.53. The number of nitrogens with one attached hydrogen (secondary N) is 1. The van der Waals surface area contributed by atoms with Gasteiger partial charge in [-0.1, -0.05) is 50.4 Å². The highest BCUT2D eigenvalue weighted by atomic mass is 35.5. The van der Waals surface area contributed by atoms with Gasteiger partial charge in [0.2, 0.25) is 5.91 Å². The zero-order chi connectivity index (χ0) is 14.9. The van der Waals surface area contributed by atoms with Crippen LogP contribution in [-0.2, 0) is 4.79 Å². The van der Waals surface area contributed by atoms with Crippen LogP contribution in [0.2, 0.25) is 10.0 Å². The topological polar surface area (TPSA) is 29.1 Å². The van der Waals surface area contributed by atoms with Crippen molar-refractivity contribution < 1.29 is 4.79 Å². The van der Waals surface area contributed by atoms with Crippen LogP contribution in [0.4, 0.5) is 5.69 Å². The van der Waals surface area contributed by atoms with Gasteiger partial charge in [-0.3, -0.25) is 4.79 Å². The highest BCUT2D eigenvalue weighted by Crippen LogP contribution is 2.54. The third-order valence-electron chi connectivity index (χ3n) is 4.80. The Morgan fingerprint density at radius 2 is 2.00 bits per heavy atom. The highest BCUT2D eigenvalue weighted by molar-refractivity contribution is 6.42. The molecule has 1 amide bonds. The predicted octanol–water partition coefficient (Wildman–Crippen LogP) is 5.39. The van der Waals surface area contributed by atoms with Crippen molar-refractivity contribution in [2.45, 2.75) is 40.0 Å². The number of hydrogen-bond acceptors (Lipinski definition) is 1. The molecule has 2 nitrogen and oxygen atoms in total. The van der Waals surface area contributed by atoms with Crippen molar-refractivity contribution in [1.29, 1.82) is 0 Å². The van der Waals surface area contributed by atoms with Crippen LogP contribution in [0.1, 0.15) is 40.0 Å². The minimum atomic E-state index is 0.0519. The van der Waals surface area contributed by atoms with Crippen molar-refractivity contribution >= 4 is 34.8 Å². The predicted molar refractivity (Wildman–Crippen MR) is 85.4 cm³/mol. The summed E-state index contributed by atoms with van der Waals surface area (Å²) in [5, 5.41) is 3.85. The standard InChI is InChI=1S/C16H21Cl2NO/c1-4-10-7-11(16(10,2)3)8-15(20)19-12-5-6-13(17)14(18)9-12/h5-6,9-11H,4,7-8H2,1-3H3,(H,19,20)/t10-,11-/m0/s1. The molecule has 2 rings (SSSR count). The van der Waals surface area contributed by atoms with E-state index in [4.69, 9.17) is 23.2 Å². The van der Waals surface area contributed by atoms with Gasteiger partial charge in [0, 0.05) is 12.1 Å². The number of carbonyl (C=O) groups is 1. The fourth-order valence-electron chi connectivity index (χ4n) is 3.17. The maximum atomic E-state index is 12.1. The van der Waals surface area contributed by atoms with Crippen molar-refractivity contribution in [2.75, 3.05) is 5.32 Å². The second-order valence-electron chi connectivity index (χ2n) is 6.24. The zero-order valence-electron chi connectivity index (χ0n) is 12.2. The molecule has 0 heterocycles. The molecule has 2 atom stereocenters. The van der Waals surface area contributed by atoms with E-state index < -0.39 is 0 Å². The lowest BCUT2D eigenvalue weighted by molar-refractivity contribution is -0.122. The first-order valence-corrected chi connectivity index (χ1v) is 7.85. The van der Waals surface area contributed by atoms with Crippen LogP contribution < -0.4 is 5.32 Å². The van der Waals surface area contributed by atoms with E-state index in [1.807, 2.05) is 0 Å². The molecule has 1 aliphatic rings. The molecule has 0 aliphatic heterocycles. The van der Waals surface area contributed by atoms with E-state index in [2.05, 4.69) is 26.1 Å². The molecular formula is C16H21Cl2NO. The van der Waals surface area contributed by atoms with Crippen molar-refractivity contribution in [3.63, 3.8) is 0 Å². The Labute approximate surface area is 130 Å². The summed E-state index contributed by atoms with van der Waals surface area (Å²) in [7, 11) is 0. The van der Waals surface area contributed by atoms with E-state index in [0.717, 1.165) is 12.3 Å². The molecule has 20 heavy (non-hydrogen) atoms. The number of amides is 1. The third-order valence-corrected chi connectivity index (χ3v) is 5.54. The van der Waals surface area contributed by atoms with E-state index in [1.165, 1.54) is 6.42 Å². The van der Waals surface area contributed by atoms with Gasteiger partial charge < -0.3 is 5.32 Å². The van der Waals surface area contributed by atoms with Gasteiger partial charge in [0.05, 0.1) is 10.0 Å². The second kappa shape index (κ2) is 5.95. The average Bonchev–Trinajstić information content (AvgIpc) is 2.38. The van der Waals surface area contributed by atoms with E-state index in [9.17, 15) is 4.79 Å². The van der Waals surface area contributed by atoms with Gasteiger partial charge in [0.25, 0.3) is 0 Å². The van der Waals surface area contributed by atoms with Crippen LogP contribution in [0.5, 0.6) is 0 Å². The molecule has 1 saturated carbocycles. The lowest BCUT2D eigenvalue weighted by Crippen LogP contribution is -2.45. The van der Waals surface area contributed by atoms with E-state index >= 15 is 0 Å². The van der Waals surface area contributed by atoms with Crippen LogP contribution in [0.3, 0.4) is 0 Å². The molecule has 1 N–H and O–H groups in total. The minimum Gasteiger partial charge on any atom is -0.326 e. The Morgan fingerprint density at radius 1 is 1.30 bits per heavy atom. The molecule has 1 fully saturated rings. The Morgan fingerprint density at radius 3 is 2.55 bits per heavy atom. The normalized spacial score (nSPS) is 24.1. The number of rotatable bonds is 4. The van der Waals surface area contributed by atoms with Gasteiger partial charge in [0.1, 0.15) is 0 Å². The molecule has 110 valence electrons. The van der Waals surface area contributed by atoms with E-state index in [1.54, 1.807) is 18.2 Å². The molecule has 1 aromatic rings. The summed E-state index contributed by atoms with van der Waals surface area (Å²) >= 11 is 11.8. The molecule has 1 aliphatic carbocycles. The summed E-state index contributed by atoms with van der Waals surface area (Å²) in [4.78, 5) is 12.1. The van der Waals surface area contributed by atoms with E-state index in [0.29, 0.717) is 28.1 Å². The maximum Gasteiger partial charge on any atom is 0.224 e. The average molecular weight is 314 g/mol. The van der Waals surface area contributed by atoms with Crippen LogP contribution in [0, 0.1) is 17.3 Å². The van der Waals surface area contributed by atoms with Crippen LogP contribution in [0.25, 0.3) is 0 Å². The molecule has 4 heteroatoms. The van der Waals surface area contributed by atoms with Gasteiger partial charge in [-0.25, -0.2) is 0 Å². The van der Waals surface area contributed by atoms with Gasteiger partial charge >= 0.3 is 0 Å². The summed E-state index contributed by atoms with van der Waals surface area (Å²) in [6.07, 6.45) is 2.92. The Balaban J connectivity index is 1.92. The summed E-state index contributed by atoms with van der Waals surface area (Å²) in [6.45, 7) is 6.75. The highest BCUT2D eigenvalue weighted by Gasteiger charge is 2.47. The molecule has 0 radical (unpaired) electrons. The summed E-state index contributed by atoms with van der Waals surface area (Å²) in [6, 6.07) is 5.15. The third kappa shape index (κ3) is 3.12. The van der Waals surface area contributed by atoms with Gasteiger partial charge in [-0.05, 0) is 41.9 Å². The maximum absolute atomic E-state index is 12.1. The SMILES string of the molecule is CC[C@H]1C[C@@H](CC(=O)Nc2ccc(Cl)c(Cl)c2)C1(C)C. The number of benzene rings is 1. The van der Waals surface area contributed by atoms with Crippen LogP contribution in [0.15, 0.2) is 18.2 Å². The number of hydrogen-bond donors (Lipinski definition) is 1. The quantitative estimate of drug-likeness (QED) is 0.792. The molecule has 0 bridgehead atoms. The Bertz CT molecular complexity index is 513. The van der Waals surface area contributed by atoms with Crippen molar-refractivity contribution in [3.8, 4) is 0 Å². The fourth-order valence-corrected chi connectivity index (χ4v) is 3.47. The van der Waals surface area contributed by atoms with Crippen molar-refractivity contribution in [2.24, 2.45) is 17.3 Å². The summed E-state index contributed by atoms with van der Waals surface area (Å²) in [5.41, 5.74) is 0.970.